The number of sulfone groups is 1. The first kappa shape index (κ1) is 18.5. The predicted molar refractivity (Wildman–Crippen MR) is 76.1 cm³/mol. The molecule has 1 aromatic rings. The number of sulfonamides is 1. The molecule has 0 aromatic heterocycles. The summed E-state index contributed by atoms with van der Waals surface area (Å²) < 4.78 is 62.4. The highest BCUT2D eigenvalue weighted by molar-refractivity contribution is 7.90. The second-order valence-electron chi connectivity index (χ2n) is 5.05. The minimum Gasteiger partial charge on any atom is -0.480 e. The Morgan fingerprint density at radius 1 is 1.23 bits per heavy atom. The van der Waals surface area contributed by atoms with Crippen molar-refractivity contribution in [3.05, 3.63) is 24.0 Å². The number of carboxylic acids is 1. The van der Waals surface area contributed by atoms with Crippen molar-refractivity contribution in [2.24, 2.45) is 5.92 Å². The molecule has 0 aliphatic rings. The van der Waals surface area contributed by atoms with Crippen LogP contribution in [0.15, 0.2) is 28.0 Å². The van der Waals surface area contributed by atoms with E-state index in [9.17, 15) is 26.0 Å². The van der Waals surface area contributed by atoms with Crippen molar-refractivity contribution in [3.63, 3.8) is 0 Å². The van der Waals surface area contributed by atoms with Crippen LogP contribution in [-0.4, -0.2) is 40.2 Å². The second-order valence-corrected chi connectivity index (χ2v) is 8.74. The number of benzene rings is 1. The Morgan fingerprint density at radius 2 is 1.77 bits per heavy atom. The molecule has 2 N–H and O–H groups in total. The molecule has 124 valence electrons. The summed E-state index contributed by atoms with van der Waals surface area (Å²) in [4.78, 5) is 9.84. The third kappa shape index (κ3) is 4.24. The lowest BCUT2D eigenvalue weighted by Gasteiger charge is -2.18. The molecule has 22 heavy (non-hydrogen) atoms. The van der Waals surface area contributed by atoms with Crippen LogP contribution in [0.25, 0.3) is 0 Å². The molecule has 1 atom stereocenters. The minimum absolute atomic E-state index is 0.535. The summed E-state index contributed by atoms with van der Waals surface area (Å²) in [5, 5.41) is 8.98. The Kier molecular flexibility index (Phi) is 5.31. The van der Waals surface area contributed by atoms with E-state index in [2.05, 4.69) is 0 Å². The highest BCUT2D eigenvalue weighted by Gasteiger charge is 2.29. The van der Waals surface area contributed by atoms with E-state index in [1.54, 1.807) is 0 Å². The Bertz CT molecular complexity index is 786. The molecule has 0 aliphatic heterocycles. The fraction of sp³-hybridized carbons (Fsp3) is 0.417. The van der Waals surface area contributed by atoms with E-state index < -0.39 is 53.4 Å². The van der Waals surface area contributed by atoms with Crippen LogP contribution in [0.1, 0.15) is 13.8 Å². The van der Waals surface area contributed by atoms with Gasteiger partial charge in [0.15, 0.2) is 9.84 Å². The Balaban J connectivity index is 3.25. The zero-order valence-corrected chi connectivity index (χ0v) is 13.7. The summed E-state index contributed by atoms with van der Waals surface area (Å²) in [7, 11) is -8.13. The highest BCUT2D eigenvalue weighted by Crippen LogP contribution is 2.19. The molecule has 0 spiro atoms. The van der Waals surface area contributed by atoms with Crippen LogP contribution < -0.4 is 4.72 Å². The predicted octanol–water partition coefficient (Wildman–Crippen LogP) is 0.617. The number of halogens is 1. The van der Waals surface area contributed by atoms with Crippen molar-refractivity contribution in [3.8, 4) is 0 Å². The molecule has 7 nitrogen and oxygen atoms in total. The number of carboxylic acid groups (broad SMARTS) is 1. The van der Waals surface area contributed by atoms with Gasteiger partial charge in [0.05, 0.1) is 4.90 Å². The van der Waals surface area contributed by atoms with Crippen LogP contribution in [0.2, 0.25) is 0 Å². The van der Waals surface area contributed by atoms with E-state index in [0.29, 0.717) is 6.07 Å². The lowest BCUT2D eigenvalue weighted by Crippen LogP contribution is -2.44. The largest absolute Gasteiger partial charge is 0.480 e. The van der Waals surface area contributed by atoms with Gasteiger partial charge in [-0.1, -0.05) is 13.8 Å². The van der Waals surface area contributed by atoms with Gasteiger partial charge in [-0.3, -0.25) is 4.79 Å². The normalized spacial score (nSPS) is 14.0. The molecule has 1 aromatic carbocycles. The number of hydrogen-bond acceptors (Lipinski definition) is 5. The van der Waals surface area contributed by atoms with Gasteiger partial charge in [0.1, 0.15) is 16.8 Å². The summed E-state index contributed by atoms with van der Waals surface area (Å²) in [6, 6.07) is 0.881. The monoisotopic (exact) mass is 353 g/mol. The fourth-order valence-electron chi connectivity index (χ4n) is 1.66. The lowest BCUT2D eigenvalue weighted by molar-refractivity contribution is -0.140. The summed E-state index contributed by atoms with van der Waals surface area (Å²) in [5.74, 6) is -3.12. The smallest absolute Gasteiger partial charge is 0.322 e. The SMILES string of the molecule is CC(C)[C@H](NS(=O)(=O)c1ccc(S(C)(=O)=O)c(F)c1)C(=O)O. The molecule has 0 amide bonds. The summed E-state index contributed by atoms with van der Waals surface area (Å²) in [6.45, 7) is 3.02. The molecule has 10 heteroatoms. The van der Waals surface area contributed by atoms with Gasteiger partial charge >= 0.3 is 5.97 Å². The average Bonchev–Trinajstić information content (AvgIpc) is 2.33. The van der Waals surface area contributed by atoms with E-state index in [-0.39, 0.29) is 0 Å². The summed E-state index contributed by atoms with van der Waals surface area (Å²) in [6.07, 6.45) is 0.789. The van der Waals surface area contributed by atoms with E-state index in [0.717, 1.165) is 18.4 Å². The van der Waals surface area contributed by atoms with Gasteiger partial charge in [-0.2, -0.15) is 4.72 Å². The van der Waals surface area contributed by atoms with Gasteiger partial charge in [-0.05, 0) is 24.1 Å². The first-order chi connectivity index (χ1) is 9.86. The maximum atomic E-state index is 13.7. The zero-order valence-electron chi connectivity index (χ0n) is 12.1. The standard InChI is InChI=1S/C12H16FNO6S2/c1-7(2)11(12(15)16)14-22(19,20)8-4-5-10(9(13)6-8)21(3,17)18/h4-7,11,14H,1-3H3,(H,15,16)/t11-/m0/s1. The molecule has 0 saturated carbocycles. The van der Waals surface area contributed by atoms with Gasteiger partial charge < -0.3 is 5.11 Å². The Morgan fingerprint density at radius 3 is 2.14 bits per heavy atom. The van der Waals surface area contributed by atoms with Crippen molar-refractivity contribution in [2.45, 2.75) is 29.7 Å². The fourth-order valence-corrected chi connectivity index (χ4v) is 3.73. The van der Waals surface area contributed by atoms with E-state index in [4.69, 9.17) is 5.11 Å². The molecule has 0 aliphatic carbocycles. The van der Waals surface area contributed by atoms with E-state index >= 15 is 0 Å². The number of carbonyl (C=O) groups is 1. The van der Waals surface area contributed by atoms with Crippen molar-refractivity contribution in [1.82, 2.24) is 4.72 Å². The van der Waals surface area contributed by atoms with Crippen LogP contribution in [0.5, 0.6) is 0 Å². The van der Waals surface area contributed by atoms with Crippen molar-refractivity contribution >= 4 is 25.8 Å². The van der Waals surface area contributed by atoms with Crippen LogP contribution in [0.4, 0.5) is 4.39 Å². The third-order valence-corrected chi connectivity index (χ3v) is 5.40. The molecule has 0 radical (unpaired) electrons. The first-order valence-electron chi connectivity index (χ1n) is 6.11. The second kappa shape index (κ2) is 6.31. The number of rotatable bonds is 6. The Labute approximate surface area is 128 Å². The lowest BCUT2D eigenvalue weighted by atomic mass is 10.1. The third-order valence-electron chi connectivity index (χ3n) is 2.83. The summed E-state index contributed by atoms with van der Waals surface area (Å²) in [5.41, 5.74) is 0. The quantitative estimate of drug-likeness (QED) is 0.774. The van der Waals surface area contributed by atoms with Gasteiger partial charge in [-0.25, -0.2) is 21.2 Å². The van der Waals surface area contributed by atoms with Gasteiger partial charge in [0, 0.05) is 6.26 Å². The van der Waals surface area contributed by atoms with Gasteiger partial charge in [0.25, 0.3) is 0 Å². The minimum atomic E-state index is -4.30. The molecule has 0 fully saturated rings. The van der Waals surface area contributed by atoms with Crippen LogP contribution in [0, 0.1) is 11.7 Å². The van der Waals surface area contributed by atoms with Gasteiger partial charge in [-0.15, -0.1) is 0 Å². The molecule has 0 unspecified atom stereocenters. The first-order valence-corrected chi connectivity index (χ1v) is 9.48. The molecular formula is C12H16FNO6S2. The van der Waals surface area contributed by atoms with Gasteiger partial charge in [0.2, 0.25) is 10.0 Å². The summed E-state index contributed by atoms with van der Waals surface area (Å²) >= 11 is 0. The van der Waals surface area contributed by atoms with E-state index in [1.807, 2.05) is 4.72 Å². The average molecular weight is 353 g/mol. The van der Waals surface area contributed by atoms with Crippen LogP contribution in [0.3, 0.4) is 0 Å². The molecule has 0 bridgehead atoms. The number of nitrogens with one attached hydrogen (secondary N) is 1. The maximum absolute atomic E-state index is 13.7. The van der Waals surface area contributed by atoms with Crippen molar-refractivity contribution < 1.29 is 31.1 Å². The topological polar surface area (TPSA) is 118 Å². The van der Waals surface area contributed by atoms with Crippen LogP contribution >= 0.6 is 0 Å². The molecular weight excluding hydrogens is 337 g/mol. The molecule has 1 rings (SSSR count). The van der Waals surface area contributed by atoms with Crippen LogP contribution in [-0.2, 0) is 24.7 Å². The number of aliphatic carboxylic acids is 1. The highest BCUT2D eigenvalue weighted by atomic mass is 32.2. The zero-order chi connectivity index (χ0) is 17.3. The Hall–Kier alpha value is -1.52. The van der Waals surface area contributed by atoms with Crippen molar-refractivity contribution in [1.29, 1.82) is 0 Å². The van der Waals surface area contributed by atoms with Crippen molar-refractivity contribution in [2.75, 3.05) is 6.26 Å². The maximum Gasteiger partial charge on any atom is 0.322 e. The van der Waals surface area contributed by atoms with E-state index in [1.165, 1.54) is 13.8 Å². The molecule has 0 heterocycles. The molecule has 0 saturated heterocycles. The number of hydrogen-bond donors (Lipinski definition) is 2.